The Hall–Kier alpha value is -1.39. The number of amides is 1. The summed E-state index contributed by atoms with van der Waals surface area (Å²) in [6.45, 7) is 5.15. The molecule has 0 aliphatic rings. The molecule has 1 aromatic rings. The highest BCUT2D eigenvalue weighted by Gasteiger charge is 2.14. The second-order valence-electron chi connectivity index (χ2n) is 5.16. The average molecular weight is 264 g/mol. The molecule has 0 bridgehead atoms. The number of ether oxygens (including phenoxy) is 1. The highest BCUT2D eigenvalue weighted by Crippen LogP contribution is 2.10. The molecule has 0 aliphatic heterocycles. The Morgan fingerprint density at radius 2 is 1.95 bits per heavy atom. The van der Waals surface area contributed by atoms with Crippen molar-refractivity contribution >= 4 is 5.91 Å². The standard InChI is InChI=1S/C15H24N2O2/c1-11(2)8-14(16)15(18)17-9-12-6-4-5-7-13(12)10-19-3/h4-7,11,14H,8-10,16H2,1-3H3,(H,17,18)/t14-/m0/s1. The molecule has 106 valence electrons. The van der Waals surface area contributed by atoms with E-state index in [0.29, 0.717) is 25.5 Å². The highest BCUT2D eigenvalue weighted by molar-refractivity contribution is 5.81. The van der Waals surface area contributed by atoms with E-state index in [0.717, 1.165) is 11.1 Å². The number of carbonyl (C=O) groups is 1. The predicted molar refractivity (Wildman–Crippen MR) is 76.4 cm³/mol. The maximum atomic E-state index is 11.9. The van der Waals surface area contributed by atoms with Crippen molar-refractivity contribution in [3.8, 4) is 0 Å². The first-order valence-electron chi connectivity index (χ1n) is 6.63. The molecule has 4 heteroatoms. The summed E-state index contributed by atoms with van der Waals surface area (Å²) < 4.78 is 5.14. The first-order chi connectivity index (χ1) is 9.04. The van der Waals surface area contributed by atoms with E-state index in [1.807, 2.05) is 24.3 Å². The number of nitrogens with two attached hydrogens (primary N) is 1. The molecule has 1 aromatic carbocycles. The molecule has 0 aliphatic carbocycles. The Kier molecular flexibility index (Phi) is 6.53. The summed E-state index contributed by atoms with van der Waals surface area (Å²) in [6.07, 6.45) is 0.700. The van der Waals surface area contributed by atoms with Crippen LogP contribution >= 0.6 is 0 Å². The molecule has 19 heavy (non-hydrogen) atoms. The van der Waals surface area contributed by atoms with Gasteiger partial charge in [0.05, 0.1) is 12.6 Å². The van der Waals surface area contributed by atoms with Crippen molar-refractivity contribution in [2.75, 3.05) is 7.11 Å². The van der Waals surface area contributed by atoms with E-state index in [4.69, 9.17) is 10.5 Å². The molecule has 0 unspecified atom stereocenters. The van der Waals surface area contributed by atoms with E-state index >= 15 is 0 Å². The summed E-state index contributed by atoms with van der Waals surface area (Å²) in [5.41, 5.74) is 7.99. The van der Waals surface area contributed by atoms with Crippen molar-refractivity contribution in [3.05, 3.63) is 35.4 Å². The number of hydrogen-bond donors (Lipinski definition) is 2. The number of benzene rings is 1. The summed E-state index contributed by atoms with van der Waals surface area (Å²) in [5, 5.41) is 2.88. The van der Waals surface area contributed by atoms with Gasteiger partial charge in [0.1, 0.15) is 0 Å². The fraction of sp³-hybridized carbons (Fsp3) is 0.533. The van der Waals surface area contributed by atoms with Crippen LogP contribution in [0, 0.1) is 5.92 Å². The van der Waals surface area contributed by atoms with Crippen molar-refractivity contribution in [3.63, 3.8) is 0 Å². The van der Waals surface area contributed by atoms with Crippen LogP contribution in [-0.4, -0.2) is 19.1 Å². The molecule has 0 radical (unpaired) electrons. The third-order valence-electron chi connectivity index (χ3n) is 2.93. The third-order valence-corrected chi connectivity index (χ3v) is 2.93. The number of nitrogens with one attached hydrogen (secondary N) is 1. The van der Waals surface area contributed by atoms with Crippen LogP contribution < -0.4 is 11.1 Å². The number of carbonyl (C=O) groups excluding carboxylic acids is 1. The van der Waals surface area contributed by atoms with Crippen LogP contribution in [0.25, 0.3) is 0 Å². The minimum Gasteiger partial charge on any atom is -0.380 e. The molecular formula is C15H24N2O2. The topological polar surface area (TPSA) is 64.3 Å². The monoisotopic (exact) mass is 264 g/mol. The molecule has 0 heterocycles. The van der Waals surface area contributed by atoms with E-state index in [1.165, 1.54) is 0 Å². The van der Waals surface area contributed by atoms with Gasteiger partial charge in [0, 0.05) is 13.7 Å². The largest absolute Gasteiger partial charge is 0.380 e. The normalized spacial score (nSPS) is 12.5. The Labute approximate surface area is 115 Å². The van der Waals surface area contributed by atoms with Gasteiger partial charge in [0.25, 0.3) is 0 Å². The van der Waals surface area contributed by atoms with Crippen molar-refractivity contribution in [2.45, 2.75) is 39.5 Å². The van der Waals surface area contributed by atoms with Gasteiger partial charge in [-0.2, -0.15) is 0 Å². The Balaban J connectivity index is 2.54. The molecule has 1 atom stereocenters. The number of rotatable bonds is 7. The Morgan fingerprint density at radius 3 is 2.53 bits per heavy atom. The van der Waals surface area contributed by atoms with Gasteiger partial charge < -0.3 is 15.8 Å². The van der Waals surface area contributed by atoms with Crippen LogP contribution in [0.15, 0.2) is 24.3 Å². The van der Waals surface area contributed by atoms with Crippen LogP contribution in [0.4, 0.5) is 0 Å². The fourth-order valence-corrected chi connectivity index (χ4v) is 1.95. The van der Waals surface area contributed by atoms with Gasteiger partial charge in [-0.3, -0.25) is 4.79 Å². The predicted octanol–water partition coefficient (Wildman–Crippen LogP) is 1.82. The van der Waals surface area contributed by atoms with Crippen LogP contribution in [0.2, 0.25) is 0 Å². The molecule has 0 aromatic heterocycles. The molecule has 0 saturated heterocycles. The minimum atomic E-state index is -0.436. The molecule has 0 saturated carbocycles. The maximum Gasteiger partial charge on any atom is 0.237 e. The molecule has 3 N–H and O–H groups in total. The molecule has 1 amide bonds. The summed E-state index contributed by atoms with van der Waals surface area (Å²) >= 11 is 0. The molecule has 1 rings (SSSR count). The number of methoxy groups -OCH3 is 1. The lowest BCUT2D eigenvalue weighted by Crippen LogP contribution is -2.41. The third kappa shape index (κ3) is 5.41. The van der Waals surface area contributed by atoms with E-state index in [-0.39, 0.29) is 5.91 Å². The van der Waals surface area contributed by atoms with Crippen LogP contribution in [-0.2, 0) is 22.7 Å². The maximum absolute atomic E-state index is 11.9. The summed E-state index contributed by atoms with van der Waals surface area (Å²) in [4.78, 5) is 11.9. The SMILES string of the molecule is COCc1ccccc1CNC(=O)[C@@H](N)CC(C)C. The zero-order chi connectivity index (χ0) is 14.3. The van der Waals surface area contributed by atoms with Gasteiger partial charge in [-0.25, -0.2) is 0 Å². The van der Waals surface area contributed by atoms with Gasteiger partial charge >= 0.3 is 0 Å². The van der Waals surface area contributed by atoms with Gasteiger partial charge in [-0.05, 0) is 23.5 Å². The van der Waals surface area contributed by atoms with Gasteiger partial charge in [0.15, 0.2) is 0 Å². The lowest BCUT2D eigenvalue weighted by Gasteiger charge is -2.15. The smallest absolute Gasteiger partial charge is 0.237 e. The highest BCUT2D eigenvalue weighted by atomic mass is 16.5. The van der Waals surface area contributed by atoms with Crippen LogP contribution in [0.5, 0.6) is 0 Å². The Bertz CT molecular complexity index is 405. The second-order valence-corrected chi connectivity index (χ2v) is 5.16. The second kappa shape index (κ2) is 7.92. The van der Waals surface area contributed by atoms with E-state index in [9.17, 15) is 4.79 Å². The number of hydrogen-bond acceptors (Lipinski definition) is 3. The summed E-state index contributed by atoms with van der Waals surface area (Å²) in [5.74, 6) is 0.322. The van der Waals surface area contributed by atoms with E-state index in [2.05, 4.69) is 19.2 Å². The van der Waals surface area contributed by atoms with E-state index < -0.39 is 6.04 Å². The quantitative estimate of drug-likeness (QED) is 0.789. The lowest BCUT2D eigenvalue weighted by atomic mass is 10.0. The van der Waals surface area contributed by atoms with Gasteiger partial charge in [-0.15, -0.1) is 0 Å². The van der Waals surface area contributed by atoms with E-state index in [1.54, 1.807) is 7.11 Å². The average Bonchev–Trinajstić information content (AvgIpc) is 2.37. The summed E-state index contributed by atoms with van der Waals surface area (Å²) in [7, 11) is 1.66. The lowest BCUT2D eigenvalue weighted by molar-refractivity contribution is -0.122. The molecule has 0 fully saturated rings. The van der Waals surface area contributed by atoms with Gasteiger partial charge in [-0.1, -0.05) is 38.1 Å². The van der Waals surface area contributed by atoms with Crippen LogP contribution in [0.1, 0.15) is 31.4 Å². The summed E-state index contributed by atoms with van der Waals surface area (Å²) in [6, 6.07) is 7.47. The van der Waals surface area contributed by atoms with Gasteiger partial charge in [0.2, 0.25) is 5.91 Å². The van der Waals surface area contributed by atoms with Crippen molar-refractivity contribution in [2.24, 2.45) is 11.7 Å². The zero-order valence-electron chi connectivity index (χ0n) is 12.0. The molecule has 4 nitrogen and oxygen atoms in total. The van der Waals surface area contributed by atoms with Crippen molar-refractivity contribution < 1.29 is 9.53 Å². The molecule has 0 spiro atoms. The first-order valence-corrected chi connectivity index (χ1v) is 6.63. The fourth-order valence-electron chi connectivity index (χ4n) is 1.95. The first kappa shape index (κ1) is 15.7. The Morgan fingerprint density at radius 1 is 1.32 bits per heavy atom. The van der Waals surface area contributed by atoms with Crippen molar-refractivity contribution in [1.29, 1.82) is 0 Å². The minimum absolute atomic E-state index is 0.0964. The van der Waals surface area contributed by atoms with Crippen LogP contribution in [0.3, 0.4) is 0 Å². The molecular weight excluding hydrogens is 240 g/mol. The van der Waals surface area contributed by atoms with Crippen molar-refractivity contribution in [1.82, 2.24) is 5.32 Å². The zero-order valence-corrected chi connectivity index (χ0v) is 12.0.